The number of nitro groups is 1. The summed E-state index contributed by atoms with van der Waals surface area (Å²) in [5, 5.41) is 14.4. The number of hydrogen-bond acceptors (Lipinski definition) is 3. The molecule has 102 valence electrons. The predicted molar refractivity (Wildman–Crippen MR) is 77.5 cm³/mol. The van der Waals surface area contributed by atoms with E-state index in [1.54, 1.807) is 12.1 Å². The highest BCUT2D eigenvalue weighted by atomic mass is 16.6. The molecule has 0 unspecified atom stereocenters. The Bertz CT molecular complexity index is 613. The van der Waals surface area contributed by atoms with E-state index in [4.69, 9.17) is 0 Å². The lowest BCUT2D eigenvalue weighted by Gasteiger charge is -2.05. The second-order valence-electron chi connectivity index (χ2n) is 5.13. The Morgan fingerprint density at radius 2 is 1.80 bits per heavy atom. The Hall–Kier alpha value is -2.20. The van der Waals surface area contributed by atoms with Gasteiger partial charge in [-0.3, -0.25) is 10.1 Å². The second-order valence-corrected chi connectivity index (χ2v) is 5.13. The van der Waals surface area contributed by atoms with Crippen molar-refractivity contribution >= 4 is 5.69 Å². The lowest BCUT2D eigenvalue weighted by molar-refractivity contribution is -0.385. The number of benzene rings is 2. The van der Waals surface area contributed by atoms with E-state index in [1.165, 1.54) is 5.56 Å². The summed E-state index contributed by atoms with van der Waals surface area (Å²) in [6.45, 7) is 0.547. The number of nitrogens with zero attached hydrogens (tertiary/aromatic N) is 1. The van der Waals surface area contributed by atoms with Crippen LogP contribution in [0.5, 0.6) is 0 Å². The molecule has 0 bridgehead atoms. The molecule has 4 nitrogen and oxygen atoms in total. The SMILES string of the molecule is O=[N+]([O-])c1ccccc1CN[C@H]1C[C@@H]1c1ccccc1. The summed E-state index contributed by atoms with van der Waals surface area (Å²) in [5.41, 5.74) is 2.28. The second kappa shape index (κ2) is 5.43. The predicted octanol–water partition coefficient (Wildman–Crippen LogP) is 3.24. The van der Waals surface area contributed by atoms with E-state index in [1.807, 2.05) is 30.3 Å². The summed E-state index contributed by atoms with van der Waals surface area (Å²) in [7, 11) is 0. The molecule has 20 heavy (non-hydrogen) atoms. The summed E-state index contributed by atoms with van der Waals surface area (Å²) in [6.07, 6.45) is 1.10. The molecule has 0 aromatic heterocycles. The van der Waals surface area contributed by atoms with Gasteiger partial charge in [0.25, 0.3) is 5.69 Å². The molecule has 0 saturated heterocycles. The van der Waals surface area contributed by atoms with Crippen LogP contribution in [0.15, 0.2) is 54.6 Å². The molecule has 1 saturated carbocycles. The van der Waals surface area contributed by atoms with Gasteiger partial charge >= 0.3 is 0 Å². The molecule has 1 N–H and O–H groups in total. The minimum Gasteiger partial charge on any atom is -0.309 e. The van der Waals surface area contributed by atoms with Crippen molar-refractivity contribution in [3.8, 4) is 0 Å². The highest BCUT2D eigenvalue weighted by Crippen LogP contribution is 2.40. The van der Waals surface area contributed by atoms with Crippen molar-refractivity contribution in [2.75, 3.05) is 0 Å². The van der Waals surface area contributed by atoms with E-state index < -0.39 is 0 Å². The molecule has 2 aromatic rings. The van der Waals surface area contributed by atoms with Gasteiger partial charge in [-0.1, -0.05) is 48.5 Å². The molecule has 4 heteroatoms. The maximum absolute atomic E-state index is 10.9. The van der Waals surface area contributed by atoms with Crippen molar-refractivity contribution in [2.24, 2.45) is 0 Å². The first-order valence-electron chi connectivity index (χ1n) is 6.76. The van der Waals surface area contributed by atoms with Gasteiger partial charge < -0.3 is 5.32 Å². The first kappa shape index (κ1) is 12.8. The molecule has 1 aliphatic rings. The van der Waals surface area contributed by atoms with Gasteiger partial charge in [-0.2, -0.15) is 0 Å². The van der Waals surface area contributed by atoms with Crippen LogP contribution in [0.3, 0.4) is 0 Å². The average molecular weight is 268 g/mol. The first-order valence-corrected chi connectivity index (χ1v) is 6.76. The summed E-state index contributed by atoms with van der Waals surface area (Å²) < 4.78 is 0. The summed E-state index contributed by atoms with van der Waals surface area (Å²) in [6, 6.07) is 17.7. The molecule has 0 aliphatic heterocycles. The Kier molecular flexibility index (Phi) is 3.48. The zero-order chi connectivity index (χ0) is 13.9. The maximum atomic E-state index is 10.9. The van der Waals surface area contributed by atoms with Crippen LogP contribution in [-0.4, -0.2) is 11.0 Å². The fourth-order valence-corrected chi connectivity index (χ4v) is 2.57. The van der Waals surface area contributed by atoms with Crippen LogP contribution in [0.2, 0.25) is 0 Å². The van der Waals surface area contributed by atoms with Crippen LogP contribution >= 0.6 is 0 Å². The highest BCUT2D eigenvalue weighted by molar-refractivity contribution is 5.40. The van der Waals surface area contributed by atoms with Gasteiger partial charge in [-0.25, -0.2) is 0 Å². The molecular formula is C16H16N2O2. The van der Waals surface area contributed by atoms with Crippen molar-refractivity contribution in [3.05, 3.63) is 75.8 Å². The monoisotopic (exact) mass is 268 g/mol. The number of hydrogen-bond donors (Lipinski definition) is 1. The van der Waals surface area contributed by atoms with Gasteiger partial charge in [0.1, 0.15) is 0 Å². The van der Waals surface area contributed by atoms with Crippen molar-refractivity contribution in [3.63, 3.8) is 0 Å². The van der Waals surface area contributed by atoms with Crippen LogP contribution < -0.4 is 5.32 Å². The molecule has 1 fully saturated rings. The van der Waals surface area contributed by atoms with Crippen LogP contribution in [0.1, 0.15) is 23.5 Å². The zero-order valence-corrected chi connectivity index (χ0v) is 11.0. The van der Waals surface area contributed by atoms with Crippen LogP contribution in [0.4, 0.5) is 5.69 Å². The molecule has 0 spiro atoms. The van der Waals surface area contributed by atoms with E-state index in [-0.39, 0.29) is 10.6 Å². The standard InChI is InChI=1S/C16H16N2O2/c19-18(20)16-9-5-4-8-13(16)11-17-15-10-14(15)12-6-2-1-3-7-12/h1-9,14-15,17H,10-11H2/t14-,15+/m1/s1. The lowest BCUT2D eigenvalue weighted by atomic mass is 10.1. The number of nitro benzene ring substituents is 1. The molecule has 0 radical (unpaired) electrons. The van der Waals surface area contributed by atoms with E-state index in [0.29, 0.717) is 18.5 Å². The number of para-hydroxylation sites is 1. The highest BCUT2D eigenvalue weighted by Gasteiger charge is 2.37. The Morgan fingerprint density at radius 3 is 2.55 bits per heavy atom. The molecule has 3 rings (SSSR count). The Morgan fingerprint density at radius 1 is 1.10 bits per heavy atom. The minimum absolute atomic E-state index is 0.192. The number of nitrogens with one attached hydrogen (secondary N) is 1. The first-order chi connectivity index (χ1) is 9.75. The molecule has 0 amide bonds. The smallest absolute Gasteiger partial charge is 0.273 e. The van der Waals surface area contributed by atoms with Gasteiger partial charge in [0.2, 0.25) is 0 Å². The van der Waals surface area contributed by atoms with Crippen molar-refractivity contribution in [1.82, 2.24) is 5.32 Å². The Labute approximate surface area is 117 Å². The van der Waals surface area contributed by atoms with E-state index in [9.17, 15) is 10.1 Å². The van der Waals surface area contributed by atoms with Crippen LogP contribution in [-0.2, 0) is 6.54 Å². The largest absolute Gasteiger partial charge is 0.309 e. The van der Waals surface area contributed by atoms with Gasteiger partial charge in [0.15, 0.2) is 0 Å². The summed E-state index contributed by atoms with van der Waals surface area (Å²) >= 11 is 0. The van der Waals surface area contributed by atoms with Crippen molar-refractivity contribution in [2.45, 2.75) is 24.9 Å². The van der Waals surface area contributed by atoms with Crippen LogP contribution in [0, 0.1) is 10.1 Å². The zero-order valence-electron chi connectivity index (χ0n) is 11.0. The summed E-state index contributed by atoms with van der Waals surface area (Å²) in [5.74, 6) is 0.541. The summed E-state index contributed by atoms with van der Waals surface area (Å²) in [4.78, 5) is 10.6. The third-order valence-electron chi connectivity index (χ3n) is 3.76. The fraction of sp³-hybridized carbons (Fsp3) is 0.250. The quantitative estimate of drug-likeness (QED) is 0.669. The molecule has 1 aliphatic carbocycles. The van der Waals surface area contributed by atoms with Crippen molar-refractivity contribution < 1.29 is 4.92 Å². The van der Waals surface area contributed by atoms with Crippen molar-refractivity contribution in [1.29, 1.82) is 0 Å². The Balaban J connectivity index is 1.61. The third-order valence-corrected chi connectivity index (χ3v) is 3.76. The van der Waals surface area contributed by atoms with E-state index >= 15 is 0 Å². The molecular weight excluding hydrogens is 252 g/mol. The van der Waals surface area contributed by atoms with Gasteiger partial charge in [0.05, 0.1) is 4.92 Å². The van der Waals surface area contributed by atoms with E-state index in [0.717, 1.165) is 12.0 Å². The lowest BCUT2D eigenvalue weighted by Crippen LogP contribution is -2.18. The molecule has 0 heterocycles. The van der Waals surface area contributed by atoms with Gasteiger partial charge in [-0.05, 0) is 12.0 Å². The maximum Gasteiger partial charge on any atom is 0.273 e. The minimum atomic E-state index is -0.321. The fourth-order valence-electron chi connectivity index (χ4n) is 2.57. The normalized spacial score (nSPS) is 20.6. The van der Waals surface area contributed by atoms with Crippen LogP contribution in [0.25, 0.3) is 0 Å². The third kappa shape index (κ3) is 2.70. The van der Waals surface area contributed by atoms with Gasteiger partial charge in [-0.15, -0.1) is 0 Å². The average Bonchev–Trinajstić information content (AvgIpc) is 3.26. The topological polar surface area (TPSA) is 55.2 Å². The van der Waals surface area contributed by atoms with E-state index in [2.05, 4.69) is 17.4 Å². The number of rotatable bonds is 5. The van der Waals surface area contributed by atoms with Gasteiger partial charge in [0, 0.05) is 30.1 Å². The molecule has 2 atom stereocenters. The molecule has 2 aromatic carbocycles.